The molecule has 154 valence electrons. The summed E-state index contributed by atoms with van der Waals surface area (Å²) in [5.74, 6) is 0.107. The van der Waals surface area contributed by atoms with Crippen LogP contribution in [0.15, 0.2) is 40.9 Å². The molecule has 1 saturated carbocycles. The molecule has 0 aromatic heterocycles. The van der Waals surface area contributed by atoms with Gasteiger partial charge in [-0.25, -0.2) is 8.78 Å². The molecule has 0 radical (unpaired) electrons. The molecule has 0 bridgehead atoms. The number of Topliss-reactive ketones (excluding diaryl/α,β-unsaturated/α-hetero) is 1. The smallest absolute Gasteiger partial charge is 0.177 e. The highest BCUT2D eigenvalue weighted by Gasteiger charge is 2.33. The zero-order valence-corrected chi connectivity index (χ0v) is 16.5. The fraction of sp³-hybridized carbons (Fsp3) is 0.333. The number of nitrogen functional groups attached to an aromatic ring is 1. The van der Waals surface area contributed by atoms with E-state index in [1.807, 2.05) is 0 Å². The van der Waals surface area contributed by atoms with Crippen molar-refractivity contribution < 1.29 is 18.3 Å². The number of ether oxygens (including phenoxy) is 1. The average Bonchev–Trinajstić information content (AvgIpc) is 3.56. The maximum Gasteiger partial charge on any atom is 0.177 e. The zero-order chi connectivity index (χ0) is 20.8. The lowest BCUT2D eigenvalue weighted by Gasteiger charge is -2.27. The van der Waals surface area contributed by atoms with Gasteiger partial charge in [-0.3, -0.25) is 9.79 Å². The summed E-state index contributed by atoms with van der Waals surface area (Å²) >= 11 is 0. The molecule has 4 nitrogen and oxygen atoms in total. The first-order valence-corrected chi connectivity index (χ1v) is 10.3. The summed E-state index contributed by atoms with van der Waals surface area (Å²) in [4.78, 5) is 16.8. The largest absolute Gasteiger partial charge is 0.445 e. The number of nitrogens with two attached hydrogens (primary N) is 1. The van der Waals surface area contributed by atoms with Crippen molar-refractivity contribution in [2.24, 2.45) is 10.9 Å². The lowest BCUT2D eigenvalue weighted by Crippen LogP contribution is -2.19. The van der Waals surface area contributed by atoms with Crippen LogP contribution in [0.25, 0.3) is 16.9 Å². The second-order valence-corrected chi connectivity index (χ2v) is 8.37. The lowest BCUT2D eigenvalue weighted by molar-refractivity contribution is -0.115. The molecule has 30 heavy (non-hydrogen) atoms. The number of carbonyl (C=O) groups is 1. The first-order valence-electron chi connectivity index (χ1n) is 10.3. The predicted octanol–water partition coefficient (Wildman–Crippen LogP) is 5.23. The van der Waals surface area contributed by atoms with Crippen LogP contribution in [0.1, 0.15) is 49.1 Å². The van der Waals surface area contributed by atoms with Crippen LogP contribution in [-0.2, 0) is 9.53 Å². The normalized spacial score (nSPS) is 20.9. The van der Waals surface area contributed by atoms with Gasteiger partial charge in [-0.2, -0.15) is 0 Å². The van der Waals surface area contributed by atoms with Crippen molar-refractivity contribution in [3.05, 3.63) is 58.7 Å². The second kappa shape index (κ2) is 7.35. The zero-order valence-electron chi connectivity index (χ0n) is 16.5. The summed E-state index contributed by atoms with van der Waals surface area (Å²) in [5, 5.41) is 0. The fourth-order valence-electron chi connectivity index (χ4n) is 4.46. The predicted molar refractivity (Wildman–Crippen MR) is 112 cm³/mol. The summed E-state index contributed by atoms with van der Waals surface area (Å²) in [6.07, 6.45) is 5.76. The summed E-state index contributed by atoms with van der Waals surface area (Å²) in [7, 11) is 0. The van der Waals surface area contributed by atoms with E-state index in [1.165, 1.54) is 37.4 Å². The number of rotatable bonds is 3. The van der Waals surface area contributed by atoms with E-state index in [2.05, 4.69) is 4.99 Å². The van der Waals surface area contributed by atoms with Crippen molar-refractivity contribution in [1.82, 2.24) is 0 Å². The Balaban J connectivity index is 1.69. The number of aliphatic imine (C=N–C) groups is 1. The van der Waals surface area contributed by atoms with E-state index >= 15 is 4.39 Å². The van der Waals surface area contributed by atoms with Gasteiger partial charge in [-0.1, -0.05) is 18.9 Å². The Hall–Kier alpha value is -3.02. The van der Waals surface area contributed by atoms with Gasteiger partial charge in [0.05, 0.1) is 17.8 Å². The maximum absolute atomic E-state index is 15.2. The highest BCUT2D eigenvalue weighted by molar-refractivity contribution is 6.04. The SMILES string of the molecule is Nc1ccc(-c2cc3c(cc2F)C2=C(CN=CO2)C(=O)CCC3CC2CC2)cc1F. The van der Waals surface area contributed by atoms with Gasteiger partial charge < -0.3 is 10.5 Å². The lowest BCUT2D eigenvalue weighted by atomic mass is 9.80. The number of ketones is 1. The number of hydrogen-bond acceptors (Lipinski definition) is 4. The van der Waals surface area contributed by atoms with Gasteiger partial charge in [0.15, 0.2) is 12.2 Å². The van der Waals surface area contributed by atoms with Gasteiger partial charge in [0.1, 0.15) is 17.4 Å². The molecule has 1 aliphatic heterocycles. The Kier molecular flexibility index (Phi) is 4.65. The Bertz CT molecular complexity index is 1100. The molecule has 2 N–H and O–H groups in total. The van der Waals surface area contributed by atoms with Crippen LogP contribution < -0.4 is 5.73 Å². The van der Waals surface area contributed by atoms with Crippen molar-refractivity contribution in [2.45, 2.75) is 38.0 Å². The third-order valence-corrected chi connectivity index (χ3v) is 6.27. The molecule has 3 aliphatic rings. The third kappa shape index (κ3) is 3.40. The number of anilines is 1. The Morgan fingerprint density at radius 2 is 1.90 bits per heavy atom. The Morgan fingerprint density at radius 1 is 1.07 bits per heavy atom. The van der Waals surface area contributed by atoms with Crippen molar-refractivity contribution in [1.29, 1.82) is 0 Å². The minimum Gasteiger partial charge on any atom is -0.445 e. The summed E-state index contributed by atoms with van der Waals surface area (Å²) < 4.78 is 34.9. The van der Waals surface area contributed by atoms with Crippen LogP contribution in [0, 0.1) is 17.6 Å². The van der Waals surface area contributed by atoms with E-state index in [0.29, 0.717) is 46.8 Å². The molecule has 0 saturated heterocycles. The van der Waals surface area contributed by atoms with Crippen molar-refractivity contribution >= 4 is 23.6 Å². The molecule has 1 fully saturated rings. The van der Waals surface area contributed by atoms with Gasteiger partial charge >= 0.3 is 0 Å². The first kappa shape index (κ1) is 19.0. The number of carbonyl (C=O) groups excluding carboxylic acids is 1. The summed E-state index contributed by atoms with van der Waals surface area (Å²) in [6, 6.07) is 7.56. The Morgan fingerprint density at radius 3 is 2.67 bits per heavy atom. The molecule has 6 heteroatoms. The monoisotopic (exact) mass is 408 g/mol. The van der Waals surface area contributed by atoms with Crippen LogP contribution in [0.4, 0.5) is 14.5 Å². The van der Waals surface area contributed by atoms with Crippen LogP contribution in [0.3, 0.4) is 0 Å². The van der Waals surface area contributed by atoms with Gasteiger partial charge in [0.2, 0.25) is 0 Å². The summed E-state index contributed by atoms with van der Waals surface area (Å²) in [6.45, 7) is 0.243. The van der Waals surface area contributed by atoms with Gasteiger partial charge in [0.25, 0.3) is 0 Å². The number of halogens is 2. The fourth-order valence-corrected chi connectivity index (χ4v) is 4.46. The van der Waals surface area contributed by atoms with E-state index < -0.39 is 11.6 Å². The molecular weight excluding hydrogens is 386 g/mol. The highest BCUT2D eigenvalue weighted by atomic mass is 19.1. The molecular formula is C24H22F2N2O2. The first-order chi connectivity index (χ1) is 14.5. The highest BCUT2D eigenvalue weighted by Crippen LogP contribution is 2.45. The second-order valence-electron chi connectivity index (χ2n) is 8.37. The van der Waals surface area contributed by atoms with Crippen molar-refractivity contribution in [3.8, 4) is 11.1 Å². The summed E-state index contributed by atoms with van der Waals surface area (Å²) in [5.41, 5.74) is 8.43. The molecule has 2 aromatic rings. The van der Waals surface area contributed by atoms with Gasteiger partial charge in [-0.05, 0) is 60.1 Å². The van der Waals surface area contributed by atoms with E-state index in [-0.39, 0.29) is 23.9 Å². The molecule has 1 heterocycles. The van der Waals surface area contributed by atoms with E-state index in [1.54, 1.807) is 12.1 Å². The van der Waals surface area contributed by atoms with Crippen molar-refractivity contribution in [2.75, 3.05) is 12.3 Å². The molecule has 1 unspecified atom stereocenters. The minimum absolute atomic E-state index is 0.0124. The minimum atomic E-state index is -0.574. The van der Waals surface area contributed by atoms with Gasteiger partial charge in [0, 0.05) is 17.5 Å². The van der Waals surface area contributed by atoms with Gasteiger partial charge in [-0.15, -0.1) is 0 Å². The van der Waals surface area contributed by atoms with E-state index in [9.17, 15) is 9.18 Å². The average molecular weight is 408 g/mol. The number of benzene rings is 2. The number of nitrogens with zero attached hydrogens (tertiary/aromatic N) is 1. The topological polar surface area (TPSA) is 64.7 Å². The molecule has 0 amide bonds. The standard InChI is InChI=1S/C24H22F2N2O2/c25-20-10-18-16(9-17(20)15-3-5-22(27)21(26)8-15)14(7-13-1-2-13)4-6-23(29)19-11-28-12-30-24(18)19/h3,5,8-10,12-14H,1-2,4,6-7,11,27H2. The van der Waals surface area contributed by atoms with E-state index in [4.69, 9.17) is 10.5 Å². The molecule has 0 spiro atoms. The molecule has 2 aromatic carbocycles. The van der Waals surface area contributed by atoms with E-state index in [0.717, 1.165) is 12.0 Å². The van der Waals surface area contributed by atoms with Crippen LogP contribution in [0.5, 0.6) is 0 Å². The van der Waals surface area contributed by atoms with Crippen LogP contribution in [-0.4, -0.2) is 18.7 Å². The molecule has 2 aliphatic carbocycles. The van der Waals surface area contributed by atoms with Crippen LogP contribution in [0.2, 0.25) is 0 Å². The molecule has 1 atom stereocenters. The third-order valence-electron chi connectivity index (χ3n) is 6.27. The maximum atomic E-state index is 15.2. The Labute approximate surface area is 173 Å². The number of fused-ring (bicyclic) bond motifs is 2. The van der Waals surface area contributed by atoms with Crippen LogP contribution >= 0.6 is 0 Å². The number of hydrogen-bond donors (Lipinski definition) is 1. The molecule has 5 rings (SSSR count). The quantitative estimate of drug-likeness (QED) is 0.708. The van der Waals surface area contributed by atoms with Crippen molar-refractivity contribution in [3.63, 3.8) is 0 Å².